The van der Waals surface area contributed by atoms with Crippen LogP contribution in [0, 0.1) is 0 Å². The second-order valence-electron chi connectivity index (χ2n) is 3.27. The van der Waals surface area contributed by atoms with Gasteiger partial charge >= 0.3 is 5.97 Å². The molecule has 0 aliphatic rings. The van der Waals surface area contributed by atoms with Gasteiger partial charge in [-0.25, -0.2) is 4.79 Å². The molecule has 1 rings (SSSR count). The molecule has 0 bridgehead atoms. The average molecular weight is 223 g/mol. The molecule has 0 saturated heterocycles. The Morgan fingerprint density at radius 2 is 2.50 bits per heavy atom. The molecule has 0 unspecified atom stereocenters. The van der Waals surface area contributed by atoms with Gasteiger partial charge in [0.25, 0.3) is 0 Å². The molecule has 1 aromatic heterocycles. The highest BCUT2D eigenvalue weighted by molar-refractivity contribution is 5.90. The number of hydrogen-bond acceptors (Lipinski definition) is 4. The number of nitrogens with zero attached hydrogens (tertiary/aromatic N) is 2. The number of esters is 1. The Labute approximate surface area is 95.1 Å². The molecule has 0 aliphatic heterocycles. The maximum absolute atomic E-state index is 11.6. The molecule has 0 amide bonds. The van der Waals surface area contributed by atoms with Crippen molar-refractivity contribution in [3.63, 3.8) is 0 Å². The Bertz CT molecular complexity index is 371. The zero-order valence-electron chi connectivity index (χ0n) is 9.69. The van der Waals surface area contributed by atoms with Crippen molar-refractivity contribution in [3.8, 4) is 0 Å². The summed E-state index contributed by atoms with van der Waals surface area (Å²) < 4.78 is 6.62. The monoisotopic (exact) mass is 223 g/mol. The first kappa shape index (κ1) is 12.4. The Balaban J connectivity index is 2.76. The highest BCUT2D eigenvalue weighted by atomic mass is 16.5. The smallest absolute Gasteiger partial charge is 0.341 e. The Kier molecular flexibility index (Phi) is 4.72. The number of aryl methyl sites for hydroxylation is 1. The Hall–Kier alpha value is -1.62. The van der Waals surface area contributed by atoms with Crippen LogP contribution in [0.5, 0.6) is 0 Å². The lowest BCUT2D eigenvalue weighted by atomic mass is 10.2. The van der Waals surface area contributed by atoms with E-state index in [1.54, 1.807) is 24.7 Å². The maximum atomic E-state index is 11.6. The van der Waals surface area contributed by atoms with E-state index in [4.69, 9.17) is 4.74 Å². The van der Waals surface area contributed by atoms with Crippen molar-refractivity contribution in [2.75, 3.05) is 13.2 Å². The standard InChI is InChI=1S/C11H17N3O2/c1-4-6-12-8-10-9(7-13-14(10)3)11(15)16-5-2/h4,7,12H,1,5-6,8H2,2-3H3. The van der Waals surface area contributed by atoms with Gasteiger partial charge in [0.15, 0.2) is 0 Å². The van der Waals surface area contributed by atoms with Gasteiger partial charge in [-0.1, -0.05) is 6.08 Å². The van der Waals surface area contributed by atoms with Gasteiger partial charge in [-0.05, 0) is 6.92 Å². The summed E-state index contributed by atoms with van der Waals surface area (Å²) in [6, 6.07) is 0. The van der Waals surface area contributed by atoms with E-state index >= 15 is 0 Å². The lowest BCUT2D eigenvalue weighted by molar-refractivity contribution is 0.0524. The molecular formula is C11H17N3O2. The minimum Gasteiger partial charge on any atom is -0.462 e. The SMILES string of the molecule is C=CCNCc1c(C(=O)OCC)cnn1C. The van der Waals surface area contributed by atoms with E-state index in [9.17, 15) is 4.79 Å². The van der Waals surface area contributed by atoms with Crippen molar-refractivity contribution in [3.05, 3.63) is 30.1 Å². The summed E-state index contributed by atoms with van der Waals surface area (Å²) in [6.07, 6.45) is 3.29. The third kappa shape index (κ3) is 2.93. The van der Waals surface area contributed by atoms with Crippen molar-refractivity contribution in [1.29, 1.82) is 0 Å². The fourth-order valence-electron chi connectivity index (χ4n) is 1.34. The minimum atomic E-state index is -0.328. The maximum Gasteiger partial charge on any atom is 0.341 e. The van der Waals surface area contributed by atoms with E-state index in [2.05, 4.69) is 17.0 Å². The lowest BCUT2D eigenvalue weighted by Gasteiger charge is -2.06. The van der Waals surface area contributed by atoms with E-state index in [1.165, 1.54) is 6.20 Å². The number of carbonyl (C=O) groups is 1. The Morgan fingerprint density at radius 1 is 1.75 bits per heavy atom. The van der Waals surface area contributed by atoms with Crippen molar-refractivity contribution in [2.45, 2.75) is 13.5 Å². The molecule has 1 N–H and O–H groups in total. The zero-order valence-corrected chi connectivity index (χ0v) is 9.69. The van der Waals surface area contributed by atoms with Crippen LogP contribution < -0.4 is 5.32 Å². The predicted octanol–water partition coefficient (Wildman–Crippen LogP) is 0.872. The summed E-state index contributed by atoms with van der Waals surface area (Å²) in [5, 5.41) is 7.18. The van der Waals surface area contributed by atoms with Crippen molar-refractivity contribution in [1.82, 2.24) is 15.1 Å². The molecule has 5 heteroatoms. The summed E-state index contributed by atoms with van der Waals surface area (Å²) in [4.78, 5) is 11.6. The number of hydrogen-bond donors (Lipinski definition) is 1. The van der Waals surface area contributed by atoms with Crippen LogP contribution in [0.15, 0.2) is 18.9 Å². The quantitative estimate of drug-likeness (QED) is 0.442. The van der Waals surface area contributed by atoms with Crippen molar-refractivity contribution >= 4 is 5.97 Å². The van der Waals surface area contributed by atoms with Gasteiger partial charge in [0.05, 0.1) is 18.5 Å². The van der Waals surface area contributed by atoms with Gasteiger partial charge < -0.3 is 10.1 Å². The largest absolute Gasteiger partial charge is 0.462 e. The first-order chi connectivity index (χ1) is 7.70. The summed E-state index contributed by atoms with van der Waals surface area (Å²) in [5.41, 5.74) is 1.33. The van der Waals surface area contributed by atoms with Crippen LogP contribution in [0.4, 0.5) is 0 Å². The third-order valence-corrected chi connectivity index (χ3v) is 2.14. The van der Waals surface area contributed by atoms with Crippen molar-refractivity contribution in [2.24, 2.45) is 7.05 Å². The van der Waals surface area contributed by atoms with Gasteiger partial charge in [0.2, 0.25) is 0 Å². The van der Waals surface area contributed by atoms with Gasteiger partial charge in [-0.3, -0.25) is 4.68 Å². The molecule has 16 heavy (non-hydrogen) atoms. The molecule has 0 spiro atoms. The van der Waals surface area contributed by atoms with Crippen LogP contribution >= 0.6 is 0 Å². The number of ether oxygens (including phenoxy) is 1. The van der Waals surface area contributed by atoms with Crippen LogP contribution in [-0.4, -0.2) is 28.9 Å². The summed E-state index contributed by atoms with van der Waals surface area (Å²) in [6.45, 7) is 7.02. The molecule has 0 aromatic carbocycles. The first-order valence-corrected chi connectivity index (χ1v) is 5.20. The first-order valence-electron chi connectivity index (χ1n) is 5.20. The third-order valence-electron chi connectivity index (χ3n) is 2.14. The summed E-state index contributed by atoms with van der Waals surface area (Å²) in [5.74, 6) is -0.328. The molecular weight excluding hydrogens is 206 g/mol. The number of nitrogens with one attached hydrogen (secondary N) is 1. The predicted molar refractivity (Wildman–Crippen MR) is 61.1 cm³/mol. The highest BCUT2D eigenvalue weighted by Crippen LogP contribution is 2.08. The molecule has 1 aromatic rings. The second kappa shape index (κ2) is 6.07. The van der Waals surface area contributed by atoms with Crippen LogP contribution in [0.2, 0.25) is 0 Å². The minimum absolute atomic E-state index is 0.328. The second-order valence-corrected chi connectivity index (χ2v) is 3.27. The molecule has 0 fully saturated rings. The molecule has 88 valence electrons. The van der Waals surface area contributed by atoms with Crippen LogP contribution in [0.3, 0.4) is 0 Å². The summed E-state index contributed by atoms with van der Waals surface area (Å²) >= 11 is 0. The van der Waals surface area contributed by atoms with Gasteiger partial charge in [0.1, 0.15) is 5.56 Å². The lowest BCUT2D eigenvalue weighted by Crippen LogP contribution is -2.18. The summed E-state index contributed by atoms with van der Waals surface area (Å²) in [7, 11) is 1.80. The molecule has 0 aliphatic carbocycles. The topological polar surface area (TPSA) is 56.1 Å². The highest BCUT2D eigenvalue weighted by Gasteiger charge is 2.16. The van der Waals surface area contributed by atoms with Crippen LogP contribution in [0.1, 0.15) is 23.0 Å². The number of aromatic nitrogens is 2. The zero-order chi connectivity index (χ0) is 12.0. The van der Waals surface area contributed by atoms with Gasteiger partial charge in [-0.15, -0.1) is 6.58 Å². The van der Waals surface area contributed by atoms with Gasteiger partial charge in [-0.2, -0.15) is 5.10 Å². The van der Waals surface area contributed by atoms with Gasteiger partial charge in [0, 0.05) is 20.1 Å². The van der Waals surface area contributed by atoms with E-state index in [-0.39, 0.29) is 5.97 Å². The van der Waals surface area contributed by atoms with Crippen LogP contribution in [-0.2, 0) is 18.3 Å². The molecule has 0 radical (unpaired) electrons. The molecule has 1 heterocycles. The number of carbonyl (C=O) groups excluding carboxylic acids is 1. The number of rotatable bonds is 6. The Morgan fingerprint density at radius 3 is 3.12 bits per heavy atom. The fourth-order valence-corrected chi connectivity index (χ4v) is 1.34. The van der Waals surface area contributed by atoms with Crippen LogP contribution in [0.25, 0.3) is 0 Å². The van der Waals surface area contributed by atoms with E-state index < -0.39 is 0 Å². The average Bonchev–Trinajstić information content (AvgIpc) is 2.61. The molecule has 0 saturated carbocycles. The fraction of sp³-hybridized carbons (Fsp3) is 0.455. The van der Waals surface area contributed by atoms with E-state index in [0.717, 1.165) is 5.69 Å². The molecule has 0 atom stereocenters. The molecule has 5 nitrogen and oxygen atoms in total. The van der Waals surface area contributed by atoms with Crippen molar-refractivity contribution < 1.29 is 9.53 Å². The normalized spacial score (nSPS) is 10.1. The van der Waals surface area contributed by atoms with E-state index in [0.29, 0.717) is 25.3 Å². The van der Waals surface area contributed by atoms with E-state index in [1.807, 2.05) is 0 Å².